The predicted molar refractivity (Wildman–Crippen MR) is 85.8 cm³/mol. The molecule has 4 nitrogen and oxygen atoms in total. The highest BCUT2D eigenvalue weighted by Gasteiger charge is 2.26. The summed E-state index contributed by atoms with van der Waals surface area (Å²) < 4.78 is 27.1. The van der Waals surface area contributed by atoms with Gasteiger partial charge in [0, 0.05) is 13.1 Å². The van der Waals surface area contributed by atoms with Crippen molar-refractivity contribution in [3.05, 3.63) is 29.8 Å². The second-order valence-corrected chi connectivity index (χ2v) is 7.58. The lowest BCUT2D eigenvalue weighted by atomic mass is 9.98. The molecule has 0 aromatic heterocycles. The lowest BCUT2D eigenvalue weighted by Crippen LogP contribution is -2.39. The Hall–Kier alpha value is -0.910. The van der Waals surface area contributed by atoms with Crippen molar-refractivity contribution >= 4 is 10.0 Å². The molecule has 0 amide bonds. The molecule has 1 aliphatic heterocycles. The maximum Gasteiger partial charge on any atom is 0.243 e. The van der Waals surface area contributed by atoms with Crippen molar-refractivity contribution in [1.82, 2.24) is 9.62 Å². The Kier molecular flexibility index (Phi) is 5.79. The molecular formula is C16H26N2O2S. The summed E-state index contributed by atoms with van der Waals surface area (Å²) in [7, 11) is -3.36. The van der Waals surface area contributed by atoms with Gasteiger partial charge in [0.1, 0.15) is 0 Å². The molecule has 1 aromatic carbocycles. The van der Waals surface area contributed by atoms with E-state index < -0.39 is 10.0 Å². The number of nitrogens with zero attached hydrogens (tertiary/aromatic N) is 1. The molecular weight excluding hydrogens is 284 g/mol. The lowest BCUT2D eigenvalue weighted by Gasteiger charge is -2.28. The van der Waals surface area contributed by atoms with Crippen LogP contribution < -0.4 is 5.32 Å². The molecule has 1 aliphatic rings. The normalized spacial score (nSPS) is 17.3. The van der Waals surface area contributed by atoms with Gasteiger partial charge in [-0.15, -0.1) is 0 Å². The first-order chi connectivity index (χ1) is 10.1. The fourth-order valence-electron chi connectivity index (χ4n) is 2.80. The maximum absolute atomic E-state index is 12.7. The molecule has 5 heteroatoms. The zero-order valence-electron chi connectivity index (χ0n) is 13.0. The van der Waals surface area contributed by atoms with Crippen LogP contribution in [0.4, 0.5) is 0 Å². The minimum atomic E-state index is -3.36. The summed E-state index contributed by atoms with van der Waals surface area (Å²) in [5.41, 5.74) is 1.16. The number of nitrogens with one attached hydrogen (secondary N) is 1. The number of hydrogen-bond donors (Lipinski definition) is 1. The third kappa shape index (κ3) is 4.05. The van der Waals surface area contributed by atoms with E-state index in [0.717, 1.165) is 37.9 Å². The van der Waals surface area contributed by atoms with E-state index in [1.807, 2.05) is 19.1 Å². The Morgan fingerprint density at radius 2 is 1.76 bits per heavy atom. The van der Waals surface area contributed by atoms with E-state index in [4.69, 9.17) is 0 Å². The Labute approximate surface area is 128 Å². The molecule has 0 spiro atoms. The summed E-state index contributed by atoms with van der Waals surface area (Å²) in [6.07, 6.45) is 3.04. The van der Waals surface area contributed by atoms with Crippen LogP contribution >= 0.6 is 0 Å². The van der Waals surface area contributed by atoms with Crippen molar-refractivity contribution in [2.75, 3.05) is 26.2 Å². The van der Waals surface area contributed by atoms with E-state index in [2.05, 4.69) is 12.2 Å². The van der Waals surface area contributed by atoms with Crippen molar-refractivity contribution in [3.63, 3.8) is 0 Å². The number of aryl methyl sites for hydroxylation is 1. The van der Waals surface area contributed by atoms with Gasteiger partial charge in [0.05, 0.1) is 4.90 Å². The van der Waals surface area contributed by atoms with E-state index in [-0.39, 0.29) is 0 Å². The summed E-state index contributed by atoms with van der Waals surface area (Å²) >= 11 is 0. The van der Waals surface area contributed by atoms with Gasteiger partial charge in [0.25, 0.3) is 0 Å². The largest absolute Gasteiger partial charge is 0.317 e. The molecule has 1 heterocycles. The van der Waals surface area contributed by atoms with Crippen LogP contribution in [0.2, 0.25) is 0 Å². The quantitative estimate of drug-likeness (QED) is 0.877. The van der Waals surface area contributed by atoms with E-state index in [1.54, 1.807) is 16.4 Å². The summed E-state index contributed by atoms with van der Waals surface area (Å²) in [4.78, 5) is 0.412. The van der Waals surface area contributed by atoms with Crippen molar-refractivity contribution in [3.8, 4) is 0 Å². The molecule has 2 rings (SSSR count). The SMILES string of the molecule is CCc1ccc(S(=O)(=O)N(CC)CC2CCNCC2)cc1. The standard InChI is InChI=1S/C16H26N2O2S/c1-3-14-5-7-16(8-6-14)21(19,20)18(4-2)13-15-9-11-17-12-10-15/h5-8,15,17H,3-4,9-13H2,1-2H3. The Morgan fingerprint density at radius 1 is 1.14 bits per heavy atom. The van der Waals surface area contributed by atoms with Crippen LogP contribution in [-0.4, -0.2) is 38.9 Å². The van der Waals surface area contributed by atoms with Gasteiger partial charge in [-0.05, 0) is 56.0 Å². The first kappa shape index (κ1) is 16.5. The number of hydrogen-bond acceptors (Lipinski definition) is 3. The molecule has 0 bridgehead atoms. The van der Waals surface area contributed by atoms with Crippen LogP contribution in [0.5, 0.6) is 0 Å². The first-order valence-corrected chi connectivity index (χ1v) is 9.31. The van der Waals surface area contributed by atoms with Crippen LogP contribution in [-0.2, 0) is 16.4 Å². The molecule has 1 saturated heterocycles. The predicted octanol–water partition coefficient (Wildman–Crippen LogP) is 2.26. The zero-order chi connectivity index (χ0) is 15.3. The Morgan fingerprint density at radius 3 is 2.29 bits per heavy atom. The number of piperidine rings is 1. The van der Waals surface area contributed by atoms with E-state index in [9.17, 15) is 8.42 Å². The van der Waals surface area contributed by atoms with Gasteiger partial charge in [-0.1, -0.05) is 26.0 Å². The molecule has 0 saturated carbocycles. The zero-order valence-corrected chi connectivity index (χ0v) is 13.8. The molecule has 1 aromatic rings. The molecule has 0 aliphatic carbocycles. The minimum absolute atomic E-state index is 0.412. The summed E-state index contributed by atoms with van der Waals surface area (Å²) in [6.45, 7) is 7.14. The fourth-order valence-corrected chi connectivity index (χ4v) is 4.32. The fraction of sp³-hybridized carbons (Fsp3) is 0.625. The van der Waals surface area contributed by atoms with Crippen LogP contribution in [0, 0.1) is 5.92 Å². The topological polar surface area (TPSA) is 49.4 Å². The summed E-state index contributed by atoms with van der Waals surface area (Å²) in [6, 6.07) is 7.29. The van der Waals surface area contributed by atoms with E-state index in [1.165, 1.54) is 0 Å². The lowest BCUT2D eigenvalue weighted by molar-refractivity contribution is 0.294. The van der Waals surface area contributed by atoms with Crippen LogP contribution in [0.3, 0.4) is 0 Å². The Balaban J connectivity index is 2.13. The van der Waals surface area contributed by atoms with Gasteiger partial charge in [-0.2, -0.15) is 4.31 Å². The molecule has 118 valence electrons. The van der Waals surface area contributed by atoms with Crippen LogP contribution in [0.25, 0.3) is 0 Å². The first-order valence-electron chi connectivity index (χ1n) is 7.87. The molecule has 0 atom stereocenters. The minimum Gasteiger partial charge on any atom is -0.317 e. The molecule has 0 radical (unpaired) electrons. The summed E-state index contributed by atoms with van der Waals surface area (Å²) in [5.74, 6) is 0.468. The highest BCUT2D eigenvalue weighted by Crippen LogP contribution is 2.21. The van der Waals surface area contributed by atoms with Gasteiger partial charge >= 0.3 is 0 Å². The third-order valence-electron chi connectivity index (χ3n) is 4.24. The number of sulfonamides is 1. The summed E-state index contributed by atoms with van der Waals surface area (Å²) in [5, 5.41) is 3.32. The number of rotatable bonds is 6. The van der Waals surface area contributed by atoms with Crippen molar-refractivity contribution in [2.45, 2.75) is 38.0 Å². The molecule has 21 heavy (non-hydrogen) atoms. The van der Waals surface area contributed by atoms with Gasteiger partial charge in [0.2, 0.25) is 10.0 Å². The van der Waals surface area contributed by atoms with Crippen molar-refractivity contribution < 1.29 is 8.42 Å². The number of benzene rings is 1. The second-order valence-electron chi connectivity index (χ2n) is 5.65. The Bertz CT molecular complexity index is 534. The van der Waals surface area contributed by atoms with E-state index >= 15 is 0 Å². The maximum atomic E-state index is 12.7. The highest BCUT2D eigenvalue weighted by molar-refractivity contribution is 7.89. The second kappa shape index (κ2) is 7.38. The average Bonchev–Trinajstić information content (AvgIpc) is 2.53. The van der Waals surface area contributed by atoms with Crippen molar-refractivity contribution in [2.24, 2.45) is 5.92 Å². The van der Waals surface area contributed by atoms with Gasteiger partial charge < -0.3 is 5.32 Å². The highest BCUT2D eigenvalue weighted by atomic mass is 32.2. The molecule has 1 fully saturated rings. The smallest absolute Gasteiger partial charge is 0.243 e. The van der Waals surface area contributed by atoms with Crippen LogP contribution in [0.1, 0.15) is 32.3 Å². The van der Waals surface area contributed by atoms with Gasteiger partial charge in [-0.3, -0.25) is 0 Å². The molecule has 0 unspecified atom stereocenters. The average molecular weight is 310 g/mol. The monoisotopic (exact) mass is 310 g/mol. The van der Waals surface area contributed by atoms with Crippen molar-refractivity contribution in [1.29, 1.82) is 0 Å². The molecule has 1 N–H and O–H groups in total. The van der Waals surface area contributed by atoms with Gasteiger partial charge in [-0.25, -0.2) is 8.42 Å². The van der Waals surface area contributed by atoms with E-state index in [0.29, 0.717) is 23.9 Å². The van der Waals surface area contributed by atoms with Gasteiger partial charge in [0.15, 0.2) is 0 Å². The van der Waals surface area contributed by atoms with Crippen LogP contribution in [0.15, 0.2) is 29.2 Å². The third-order valence-corrected chi connectivity index (χ3v) is 6.20.